The molecule has 1 heterocycles. The molecule has 0 amide bonds. The maximum absolute atomic E-state index is 6.11. The van der Waals surface area contributed by atoms with Gasteiger partial charge in [-0.2, -0.15) is 0 Å². The van der Waals surface area contributed by atoms with Crippen molar-refractivity contribution in [1.29, 1.82) is 0 Å². The number of aryl methyl sites for hydroxylation is 2. The lowest BCUT2D eigenvalue weighted by Crippen LogP contribution is -1.96. The molecule has 0 unspecified atom stereocenters. The first-order valence-corrected chi connectivity index (χ1v) is 7.99. The molecular formula is C21H20ClN3. The molecule has 126 valence electrons. The van der Waals surface area contributed by atoms with Gasteiger partial charge in [0, 0.05) is 27.7 Å². The van der Waals surface area contributed by atoms with Crippen LogP contribution in [0.2, 0.25) is 0 Å². The van der Waals surface area contributed by atoms with E-state index in [1.54, 1.807) is 0 Å². The lowest BCUT2D eigenvalue weighted by Gasteiger charge is -2.14. The number of anilines is 2. The van der Waals surface area contributed by atoms with E-state index in [2.05, 4.69) is 36.4 Å². The number of nitrogens with zero attached hydrogens (tertiary/aromatic N) is 1. The van der Waals surface area contributed by atoms with Crippen LogP contribution in [0.3, 0.4) is 0 Å². The minimum atomic E-state index is 0. The number of nitrogens with two attached hydrogens (primary N) is 2. The number of benzene rings is 3. The number of hydrogen-bond donors (Lipinski definition) is 2. The summed E-state index contributed by atoms with van der Waals surface area (Å²) in [6, 6.07) is 18.6. The van der Waals surface area contributed by atoms with Crippen LogP contribution in [0.5, 0.6) is 0 Å². The monoisotopic (exact) mass is 349 g/mol. The zero-order valence-corrected chi connectivity index (χ0v) is 15.0. The fraction of sp³-hybridized carbons (Fsp3) is 0.0952. The number of hydrogen-bond acceptors (Lipinski definition) is 3. The van der Waals surface area contributed by atoms with Crippen molar-refractivity contribution in [2.45, 2.75) is 13.8 Å². The second kappa shape index (κ2) is 6.26. The molecule has 4 rings (SSSR count). The molecule has 3 nitrogen and oxygen atoms in total. The maximum Gasteiger partial charge on any atom is 0.0736 e. The highest BCUT2D eigenvalue weighted by Gasteiger charge is 2.13. The Morgan fingerprint density at radius 3 is 1.68 bits per heavy atom. The van der Waals surface area contributed by atoms with Gasteiger partial charge in [0.15, 0.2) is 0 Å². The highest BCUT2D eigenvalue weighted by molar-refractivity contribution is 6.11. The molecule has 4 heteroatoms. The fourth-order valence-electron chi connectivity index (χ4n) is 3.20. The second-order valence-corrected chi connectivity index (χ2v) is 6.30. The van der Waals surface area contributed by atoms with Crippen molar-refractivity contribution in [3.63, 3.8) is 0 Å². The summed E-state index contributed by atoms with van der Waals surface area (Å²) in [5.41, 5.74) is 20.0. The van der Waals surface area contributed by atoms with Crippen LogP contribution >= 0.6 is 12.4 Å². The van der Waals surface area contributed by atoms with Gasteiger partial charge in [0.1, 0.15) is 0 Å². The predicted molar refractivity (Wildman–Crippen MR) is 110 cm³/mol. The SMILES string of the molecule is Cc1cc2c(-c3ccccc3)c3cc(C)c(N)cc3nc2cc1N.Cl. The standard InChI is InChI=1S/C21H19N3.ClH/c1-12-8-15-19(10-17(12)22)24-20-11-18(23)13(2)9-16(20)21(15)14-6-4-3-5-7-14;/h3-11H,22-23H2,1-2H3;1H. The van der Waals surface area contributed by atoms with E-state index in [-0.39, 0.29) is 12.4 Å². The Balaban J connectivity index is 0.00000182. The third-order valence-corrected chi connectivity index (χ3v) is 4.61. The first-order valence-electron chi connectivity index (χ1n) is 7.99. The molecule has 0 bridgehead atoms. The largest absolute Gasteiger partial charge is 0.398 e. The van der Waals surface area contributed by atoms with E-state index in [0.29, 0.717) is 0 Å². The van der Waals surface area contributed by atoms with Crippen molar-refractivity contribution in [1.82, 2.24) is 4.98 Å². The van der Waals surface area contributed by atoms with Gasteiger partial charge >= 0.3 is 0 Å². The van der Waals surface area contributed by atoms with Gasteiger partial charge in [-0.3, -0.25) is 0 Å². The van der Waals surface area contributed by atoms with Crippen LogP contribution < -0.4 is 11.5 Å². The van der Waals surface area contributed by atoms with E-state index in [9.17, 15) is 0 Å². The molecule has 1 aromatic heterocycles. The highest BCUT2D eigenvalue weighted by atomic mass is 35.5. The van der Waals surface area contributed by atoms with E-state index < -0.39 is 0 Å². The van der Waals surface area contributed by atoms with Crippen LogP contribution in [-0.2, 0) is 0 Å². The average Bonchev–Trinajstić information content (AvgIpc) is 2.57. The summed E-state index contributed by atoms with van der Waals surface area (Å²) in [7, 11) is 0. The minimum Gasteiger partial charge on any atom is -0.398 e. The molecule has 0 saturated heterocycles. The van der Waals surface area contributed by atoms with Gasteiger partial charge in [0.25, 0.3) is 0 Å². The summed E-state index contributed by atoms with van der Waals surface area (Å²) in [5.74, 6) is 0. The Labute approximate surface area is 153 Å². The van der Waals surface area contributed by atoms with E-state index in [1.807, 2.05) is 32.0 Å². The van der Waals surface area contributed by atoms with Gasteiger partial charge in [0.05, 0.1) is 11.0 Å². The zero-order chi connectivity index (χ0) is 16.8. The van der Waals surface area contributed by atoms with Gasteiger partial charge in [-0.25, -0.2) is 4.98 Å². The average molecular weight is 350 g/mol. The van der Waals surface area contributed by atoms with E-state index in [1.165, 1.54) is 11.1 Å². The highest BCUT2D eigenvalue weighted by Crippen LogP contribution is 2.37. The second-order valence-electron chi connectivity index (χ2n) is 6.30. The van der Waals surface area contributed by atoms with E-state index in [0.717, 1.165) is 44.3 Å². The van der Waals surface area contributed by atoms with E-state index >= 15 is 0 Å². The number of pyridine rings is 1. The Morgan fingerprint density at radius 2 is 1.20 bits per heavy atom. The first-order chi connectivity index (χ1) is 11.5. The smallest absolute Gasteiger partial charge is 0.0736 e. The minimum absolute atomic E-state index is 0. The molecule has 4 N–H and O–H groups in total. The molecule has 3 aromatic carbocycles. The Hall–Kier alpha value is -2.78. The molecule has 0 spiro atoms. The summed E-state index contributed by atoms with van der Waals surface area (Å²) >= 11 is 0. The molecule has 0 aliphatic carbocycles. The van der Waals surface area contributed by atoms with Crippen LogP contribution in [0.25, 0.3) is 32.9 Å². The number of nitrogen functional groups attached to an aromatic ring is 2. The van der Waals surface area contributed by atoms with Crippen molar-refractivity contribution in [3.05, 3.63) is 65.7 Å². The molecule has 0 radical (unpaired) electrons. The Bertz CT molecular complexity index is 1020. The van der Waals surface area contributed by atoms with Gasteiger partial charge in [-0.1, -0.05) is 30.3 Å². The quantitative estimate of drug-likeness (QED) is 0.364. The number of rotatable bonds is 1. The van der Waals surface area contributed by atoms with Crippen molar-refractivity contribution in [2.75, 3.05) is 11.5 Å². The summed E-state index contributed by atoms with van der Waals surface area (Å²) < 4.78 is 0. The predicted octanol–water partition coefficient (Wildman–Crippen LogP) is 5.26. The summed E-state index contributed by atoms with van der Waals surface area (Å²) in [6.07, 6.45) is 0. The Kier molecular flexibility index (Phi) is 4.27. The van der Waals surface area contributed by atoms with Crippen LogP contribution in [0.1, 0.15) is 11.1 Å². The summed E-state index contributed by atoms with van der Waals surface area (Å²) in [5, 5.41) is 2.23. The fourth-order valence-corrected chi connectivity index (χ4v) is 3.20. The van der Waals surface area contributed by atoms with Crippen molar-refractivity contribution < 1.29 is 0 Å². The Morgan fingerprint density at radius 1 is 0.720 bits per heavy atom. The molecule has 0 atom stereocenters. The van der Waals surface area contributed by atoms with Crippen LogP contribution in [0, 0.1) is 13.8 Å². The number of fused-ring (bicyclic) bond motifs is 2. The summed E-state index contributed by atoms with van der Waals surface area (Å²) in [6.45, 7) is 4.06. The number of halogens is 1. The van der Waals surface area contributed by atoms with Crippen LogP contribution in [0.15, 0.2) is 54.6 Å². The lowest BCUT2D eigenvalue weighted by molar-refractivity contribution is 1.43. The van der Waals surface area contributed by atoms with Crippen LogP contribution in [0.4, 0.5) is 11.4 Å². The first kappa shape index (κ1) is 17.1. The molecular weight excluding hydrogens is 330 g/mol. The van der Waals surface area contributed by atoms with Gasteiger partial charge in [-0.15, -0.1) is 12.4 Å². The maximum atomic E-state index is 6.11. The topological polar surface area (TPSA) is 64.9 Å². The number of aromatic nitrogens is 1. The molecule has 0 saturated carbocycles. The molecule has 25 heavy (non-hydrogen) atoms. The third-order valence-electron chi connectivity index (χ3n) is 4.61. The molecule has 0 aliphatic rings. The van der Waals surface area contributed by atoms with Crippen molar-refractivity contribution in [3.8, 4) is 11.1 Å². The van der Waals surface area contributed by atoms with E-state index in [4.69, 9.17) is 16.5 Å². The molecule has 4 aromatic rings. The lowest BCUT2D eigenvalue weighted by atomic mass is 9.94. The zero-order valence-electron chi connectivity index (χ0n) is 14.2. The molecule has 0 fully saturated rings. The summed E-state index contributed by atoms with van der Waals surface area (Å²) in [4.78, 5) is 4.81. The van der Waals surface area contributed by atoms with Crippen molar-refractivity contribution >= 4 is 45.6 Å². The van der Waals surface area contributed by atoms with Crippen LogP contribution in [-0.4, -0.2) is 4.98 Å². The third kappa shape index (κ3) is 2.77. The van der Waals surface area contributed by atoms with Gasteiger partial charge in [-0.05, 0) is 54.8 Å². The van der Waals surface area contributed by atoms with Gasteiger partial charge < -0.3 is 11.5 Å². The van der Waals surface area contributed by atoms with Crippen molar-refractivity contribution in [2.24, 2.45) is 0 Å². The molecule has 0 aliphatic heterocycles. The normalized spacial score (nSPS) is 10.8. The van der Waals surface area contributed by atoms with Gasteiger partial charge in [0.2, 0.25) is 0 Å².